The van der Waals surface area contributed by atoms with E-state index in [-0.39, 0.29) is 5.92 Å². The zero-order chi connectivity index (χ0) is 12.2. The summed E-state index contributed by atoms with van der Waals surface area (Å²) in [4.78, 5) is 10.9. The number of carboxylic acids is 1. The number of carboxylic acid groups (broad SMARTS) is 1. The lowest BCUT2D eigenvalue weighted by Gasteiger charge is -2.21. The summed E-state index contributed by atoms with van der Waals surface area (Å²) in [5.74, 6) is -1.36. The van der Waals surface area contributed by atoms with Gasteiger partial charge in [0.1, 0.15) is 6.04 Å². The Morgan fingerprint density at radius 3 is 2.07 bits per heavy atom. The van der Waals surface area contributed by atoms with Crippen LogP contribution in [0, 0.1) is 5.92 Å². The molecule has 0 radical (unpaired) electrons. The third-order valence-corrected chi connectivity index (χ3v) is 4.21. The van der Waals surface area contributed by atoms with Gasteiger partial charge in [-0.15, -0.1) is 0 Å². The van der Waals surface area contributed by atoms with Crippen LogP contribution in [0.5, 0.6) is 0 Å². The van der Waals surface area contributed by atoms with E-state index in [1.54, 1.807) is 6.92 Å². The van der Waals surface area contributed by atoms with E-state index in [9.17, 15) is 13.2 Å². The van der Waals surface area contributed by atoms with Crippen LogP contribution in [-0.4, -0.2) is 30.8 Å². The molecule has 0 rings (SSSR count). The minimum absolute atomic E-state index is 0.226. The lowest BCUT2D eigenvalue weighted by molar-refractivity contribution is -0.140. The smallest absolute Gasteiger partial charge is 0.322 e. The van der Waals surface area contributed by atoms with E-state index < -0.39 is 27.3 Å². The Morgan fingerprint density at radius 1 is 1.33 bits per heavy atom. The summed E-state index contributed by atoms with van der Waals surface area (Å²) in [7, 11) is -3.53. The number of carbonyl (C=O) groups is 1. The lowest BCUT2D eigenvalue weighted by Crippen LogP contribution is -2.47. The van der Waals surface area contributed by atoms with Crippen molar-refractivity contribution < 1.29 is 18.3 Å². The van der Waals surface area contributed by atoms with Crippen LogP contribution in [0.2, 0.25) is 0 Å². The van der Waals surface area contributed by atoms with Crippen LogP contribution in [0.1, 0.15) is 34.1 Å². The molecular formula is C9H19NO4S. The number of hydrogen-bond donors (Lipinski definition) is 2. The van der Waals surface area contributed by atoms with Crippen LogP contribution in [0.3, 0.4) is 0 Å². The third kappa shape index (κ3) is 4.17. The summed E-state index contributed by atoms with van der Waals surface area (Å²) in [5.41, 5.74) is 0. The highest BCUT2D eigenvalue weighted by atomic mass is 32.2. The molecular weight excluding hydrogens is 218 g/mol. The average Bonchev–Trinajstić information content (AvgIpc) is 2.12. The van der Waals surface area contributed by atoms with Crippen LogP contribution < -0.4 is 4.72 Å². The Morgan fingerprint density at radius 2 is 1.80 bits per heavy atom. The van der Waals surface area contributed by atoms with E-state index in [2.05, 4.69) is 4.72 Å². The van der Waals surface area contributed by atoms with Gasteiger partial charge in [-0.25, -0.2) is 13.1 Å². The highest BCUT2D eigenvalue weighted by molar-refractivity contribution is 7.90. The molecule has 0 aromatic rings. The van der Waals surface area contributed by atoms with Gasteiger partial charge < -0.3 is 5.11 Å². The first-order valence-corrected chi connectivity index (χ1v) is 6.51. The highest BCUT2D eigenvalue weighted by Gasteiger charge is 2.29. The van der Waals surface area contributed by atoms with Gasteiger partial charge in [0.25, 0.3) is 0 Å². The topological polar surface area (TPSA) is 83.5 Å². The molecule has 0 saturated carbocycles. The minimum Gasteiger partial charge on any atom is -0.480 e. The van der Waals surface area contributed by atoms with Gasteiger partial charge in [-0.1, -0.05) is 20.3 Å². The van der Waals surface area contributed by atoms with Crippen molar-refractivity contribution in [3.8, 4) is 0 Å². The third-order valence-electron chi connectivity index (χ3n) is 2.39. The molecule has 0 aliphatic carbocycles. The zero-order valence-corrected chi connectivity index (χ0v) is 10.3. The second-order valence-corrected chi connectivity index (χ2v) is 6.18. The maximum absolute atomic E-state index is 11.5. The maximum atomic E-state index is 11.5. The summed E-state index contributed by atoms with van der Waals surface area (Å²) in [5, 5.41) is 8.27. The van der Waals surface area contributed by atoms with Gasteiger partial charge in [-0.2, -0.15) is 0 Å². The average molecular weight is 237 g/mol. The van der Waals surface area contributed by atoms with Crippen molar-refractivity contribution in [2.24, 2.45) is 5.92 Å². The largest absolute Gasteiger partial charge is 0.480 e. The molecule has 0 fully saturated rings. The van der Waals surface area contributed by atoms with Gasteiger partial charge >= 0.3 is 5.97 Å². The number of nitrogens with one attached hydrogen (secondary N) is 1. The van der Waals surface area contributed by atoms with E-state index >= 15 is 0 Å². The second kappa shape index (κ2) is 5.46. The van der Waals surface area contributed by atoms with Crippen LogP contribution in [0.4, 0.5) is 0 Å². The first-order valence-electron chi connectivity index (χ1n) is 4.96. The van der Waals surface area contributed by atoms with Gasteiger partial charge in [-0.3, -0.25) is 4.79 Å². The Labute approximate surface area is 90.9 Å². The van der Waals surface area contributed by atoms with Gasteiger partial charge in [0.15, 0.2) is 0 Å². The van der Waals surface area contributed by atoms with Crippen molar-refractivity contribution in [1.29, 1.82) is 0 Å². The lowest BCUT2D eigenvalue weighted by atomic mass is 10.0. The van der Waals surface area contributed by atoms with Crippen molar-refractivity contribution in [1.82, 2.24) is 4.72 Å². The van der Waals surface area contributed by atoms with E-state index in [0.717, 1.165) is 0 Å². The molecule has 90 valence electrons. The first kappa shape index (κ1) is 14.4. The van der Waals surface area contributed by atoms with Crippen LogP contribution in [0.15, 0.2) is 0 Å². The molecule has 0 bridgehead atoms. The molecule has 0 aromatic heterocycles. The highest BCUT2D eigenvalue weighted by Crippen LogP contribution is 2.10. The molecule has 0 aromatic carbocycles. The summed E-state index contributed by atoms with van der Waals surface area (Å²) in [6.07, 6.45) is 0.609. The van der Waals surface area contributed by atoms with Gasteiger partial charge in [-0.05, 0) is 19.8 Å². The van der Waals surface area contributed by atoms with Gasteiger partial charge in [0.2, 0.25) is 10.0 Å². The van der Waals surface area contributed by atoms with Crippen LogP contribution in [0.25, 0.3) is 0 Å². The fraction of sp³-hybridized carbons (Fsp3) is 0.889. The molecule has 15 heavy (non-hydrogen) atoms. The Balaban J connectivity index is 4.78. The summed E-state index contributed by atoms with van der Waals surface area (Å²) in [6, 6.07) is -1.04. The van der Waals surface area contributed by atoms with Crippen molar-refractivity contribution >= 4 is 16.0 Å². The van der Waals surface area contributed by atoms with Gasteiger partial charge in [0.05, 0.1) is 5.25 Å². The number of hydrogen-bond acceptors (Lipinski definition) is 3. The van der Waals surface area contributed by atoms with Crippen molar-refractivity contribution in [2.45, 2.75) is 45.4 Å². The molecule has 6 heteroatoms. The summed E-state index contributed by atoms with van der Waals surface area (Å²) in [6.45, 7) is 6.56. The SMILES string of the molecule is CCC(C)C(NS(=O)(=O)C(C)C)C(=O)O. The Hall–Kier alpha value is -0.620. The molecule has 0 spiro atoms. The fourth-order valence-corrected chi connectivity index (χ4v) is 1.92. The van der Waals surface area contributed by atoms with Crippen molar-refractivity contribution in [3.63, 3.8) is 0 Å². The molecule has 2 atom stereocenters. The predicted octanol–water partition coefficient (Wildman–Crippen LogP) is 0.813. The number of sulfonamides is 1. The standard InChI is InChI=1S/C9H19NO4S/c1-5-7(4)8(9(11)12)10-15(13,14)6(2)3/h6-8,10H,5H2,1-4H3,(H,11,12). The minimum atomic E-state index is -3.53. The number of rotatable bonds is 6. The molecule has 0 aliphatic rings. The normalized spacial score (nSPS) is 16.3. The summed E-state index contributed by atoms with van der Waals surface area (Å²) >= 11 is 0. The predicted molar refractivity (Wildman–Crippen MR) is 58.1 cm³/mol. The fourth-order valence-electron chi connectivity index (χ4n) is 0.959. The molecule has 2 N–H and O–H groups in total. The van der Waals surface area contributed by atoms with Crippen molar-refractivity contribution in [2.75, 3.05) is 0 Å². The van der Waals surface area contributed by atoms with Gasteiger partial charge in [0, 0.05) is 0 Å². The molecule has 0 aliphatic heterocycles. The van der Waals surface area contributed by atoms with E-state index in [0.29, 0.717) is 6.42 Å². The van der Waals surface area contributed by atoms with E-state index in [4.69, 9.17) is 5.11 Å². The first-order chi connectivity index (χ1) is 6.72. The molecule has 2 unspecified atom stereocenters. The van der Waals surface area contributed by atoms with E-state index in [1.165, 1.54) is 13.8 Å². The molecule has 5 nitrogen and oxygen atoms in total. The second-order valence-electron chi connectivity index (χ2n) is 3.91. The monoisotopic (exact) mass is 237 g/mol. The Bertz CT molecular complexity index is 310. The van der Waals surface area contributed by atoms with Crippen LogP contribution in [-0.2, 0) is 14.8 Å². The van der Waals surface area contributed by atoms with Crippen LogP contribution >= 0.6 is 0 Å². The molecule has 0 amide bonds. The quantitative estimate of drug-likeness (QED) is 0.716. The number of aliphatic carboxylic acids is 1. The zero-order valence-electron chi connectivity index (χ0n) is 9.52. The van der Waals surface area contributed by atoms with E-state index in [1.807, 2.05) is 6.92 Å². The molecule has 0 saturated heterocycles. The Kier molecular flexibility index (Phi) is 5.23. The molecule has 0 heterocycles. The maximum Gasteiger partial charge on any atom is 0.322 e. The van der Waals surface area contributed by atoms with Crippen molar-refractivity contribution in [3.05, 3.63) is 0 Å². The summed E-state index contributed by atoms with van der Waals surface area (Å²) < 4.78 is 25.2.